The van der Waals surface area contributed by atoms with Crippen molar-refractivity contribution in [2.75, 3.05) is 51.6 Å². The van der Waals surface area contributed by atoms with Crippen LogP contribution in [0.3, 0.4) is 0 Å². The molecular weight excluding hydrogens is 795 g/mol. The number of benzene rings is 3. The molecule has 6 aromatic rings. The van der Waals surface area contributed by atoms with Gasteiger partial charge in [-0.2, -0.15) is 0 Å². The number of nitrogens with zero attached hydrogens (tertiary/aromatic N) is 4. The van der Waals surface area contributed by atoms with Crippen LogP contribution in [-0.2, 0) is 47.1 Å². The van der Waals surface area contributed by atoms with Gasteiger partial charge in [-0.15, -0.1) is 11.3 Å². The van der Waals surface area contributed by atoms with Gasteiger partial charge in [-0.25, -0.2) is 18.2 Å². The second-order valence-corrected chi connectivity index (χ2v) is 19.0. The molecule has 0 aliphatic heterocycles. The highest BCUT2D eigenvalue weighted by molar-refractivity contribution is 7.92. The first-order valence-corrected chi connectivity index (χ1v) is 22.1. The van der Waals surface area contributed by atoms with Gasteiger partial charge in [0.15, 0.2) is 15.6 Å². The van der Waals surface area contributed by atoms with Crippen molar-refractivity contribution in [2.24, 2.45) is 7.05 Å². The first-order chi connectivity index (χ1) is 28.3. The van der Waals surface area contributed by atoms with E-state index in [1.165, 1.54) is 0 Å². The highest BCUT2D eigenvalue weighted by Crippen LogP contribution is 2.38. The number of aromatic nitrogens is 4. The highest BCUT2D eigenvalue weighted by atomic mass is 32.2. The number of pyridine rings is 1. The zero-order valence-electron chi connectivity index (χ0n) is 33.7. The van der Waals surface area contributed by atoms with Crippen LogP contribution in [0.1, 0.15) is 58.1 Å². The predicted molar refractivity (Wildman–Crippen MR) is 228 cm³/mol. The number of hydrogen-bond donors (Lipinski definition) is 1. The molecule has 0 amide bonds. The molecule has 312 valence electrons. The summed E-state index contributed by atoms with van der Waals surface area (Å²) in [4.78, 5) is 46.6. The predicted octanol–water partition coefficient (Wildman–Crippen LogP) is 6.74. The molecule has 1 aliphatic rings. The Balaban J connectivity index is 0.851. The minimum absolute atomic E-state index is 0.0743. The molecule has 1 fully saturated rings. The summed E-state index contributed by atoms with van der Waals surface area (Å²) in [5.41, 5.74) is 7.04. The molecule has 0 spiro atoms. The molecule has 16 heteroatoms. The Morgan fingerprint density at radius 2 is 1.63 bits per heavy atom. The zero-order chi connectivity index (χ0) is 41.7. The molecule has 1 N–H and O–H groups in total. The van der Waals surface area contributed by atoms with E-state index >= 15 is 0 Å². The van der Waals surface area contributed by atoms with E-state index in [1.807, 2.05) is 42.5 Å². The summed E-state index contributed by atoms with van der Waals surface area (Å²) in [6, 6.07) is 16.1. The lowest BCUT2D eigenvalue weighted by molar-refractivity contribution is -0.132. The third-order valence-electron chi connectivity index (χ3n) is 10.4. The minimum atomic E-state index is -3.80. The van der Waals surface area contributed by atoms with Gasteiger partial charge in [0.05, 0.1) is 82.5 Å². The number of hydrogen-bond acceptors (Lipinski definition) is 13. The van der Waals surface area contributed by atoms with Crippen LogP contribution in [0.4, 0.5) is 11.4 Å². The summed E-state index contributed by atoms with van der Waals surface area (Å²) in [6.07, 6.45) is 3.61. The van der Waals surface area contributed by atoms with Gasteiger partial charge >= 0.3 is 5.69 Å². The fourth-order valence-electron chi connectivity index (χ4n) is 7.28. The molecule has 1 saturated carbocycles. The molecule has 1 atom stereocenters. The maximum Gasteiger partial charge on any atom is 0.329 e. The summed E-state index contributed by atoms with van der Waals surface area (Å²) < 4.78 is 54.0. The van der Waals surface area contributed by atoms with Gasteiger partial charge in [-0.3, -0.25) is 23.7 Å². The number of nitrogens with one attached hydrogen (secondary N) is 1. The molecular formula is C43H49N5O9S2. The summed E-state index contributed by atoms with van der Waals surface area (Å²) in [7, 11) is -2.09. The number of ketones is 2. The van der Waals surface area contributed by atoms with Crippen molar-refractivity contribution >= 4 is 76.3 Å². The molecule has 1 aliphatic carbocycles. The van der Waals surface area contributed by atoms with E-state index in [0.29, 0.717) is 74.4 Å². The summed E-state index contributed by atoms with van der Waals surface area (Å²) in [5.74, 6) is -0.0657. The lowest BCUT2D eigenvalue weighted by Gasteiger charge is -2.22. The fourth-order valence-corrected chi connectivity index (χ4v) is 9.25. The van der Waals surface area contributed by atoms with Crippen LogP contribution in [0.15, 0.2) is 76.0 Å². The van der Waals surface area contributed by atoms with Crippen molar-refractivity contribution in [2.45, 2.75) is 68.6 Å². The van der Waals surface area contributed by atoms with Crippen LogP contribution in [-0.4, -0.2) is 90.1 Å². The normalized spacial score (nSPS) is 15.2. The first-order valence-electron chi connectivity index (χ1n) is 19.7. The molecule has 0 bridgehead atoms. The minimum Gasteiger partial charge on any atom is -0.490 e. The summed E-state index contributed by atoms with van der Waals surface area (Å²) >= 11 is 1.57. The number of rotatable bonds is 18. The van der Waals surface area contributed by atoms with Crippen LogP contribution < -0.4 is 15.7 Å². The molecule has 59 heavy (non-hydrogen) atoms. The van der Waals surface area contributed by atoms with Crippen LogP contribution in [0.25, 0.3) is 32.2 Å². The number of Topliss-reactive ketones (excluding diaryl/α,β-unsaturated/α-hetero) is 2. The zero-order valence-corrected chi connectivity index (χ0v) is 35.3. The highest BCUT2D eigenvalue weighted by Gasteiger charge is 2.35. The van der Waals surface area contributed by atoms with E-state index in [0.717, 1.165) is 33.4 Å². The third-order valence-corrected chi connectivity index (χ3v) is 13.7. The number of imidazole rings is 1. The fraction of sp³-hybridized carbons (Fsp3) is 0.419. The average Bonchev–Trinajstić information content (AvgIpc) is 3.77. The standard InChI is InChI=1S/C43H49N5O9S2/c1-43(2,3)59(52,53)40-25-31-32(46-29-10-13-39-34(23-29)45-27-58-39)14-15-44-33(31)26-38(40)57-22-21-56-20-19-55-18-17-54-16-6-8-28-7-5-9-36-41(28)47(4)42(51)48(36)35-12-11-30(49)24-37(35)50/h5,7,9-10,13-15,23,25-27,35H,6,8,11-12,16-22,24H2,1-4H3,(H,44,46). The van der Waals surface area contributed by atoms with Gasteiger partial charge in [0, 0.05) is 49.1 Å². The van der Waals surface area contributed by atoms with Crippen molar-refractivity contribution < 1.29 is 37.0 Å². The molecule has 3 aromatic heterocycles. The number of ether oxygens (including phenoxy) is 4. The summed E-state index contributed by atoms with van der Waals surface area (Å²) in [6.45, 7) is 7.31. The van der Waals surface area contributed by atoms with Gasteiger partial charge in [-0.1, -0.05) is 12.1 Å². The Bertz CT molecular complexity index is 2660. The van der Waals surface area contributed by atoms with Crippen molar-refractivity contribution in [1.82, 2.24) is 19.1 Å². The average molecular weight is 844 g/mol. The first kappa shape index (κ1) is 42.1. The van der Waals surface area contributed by atoms with Crippen molar-refractivity contribution in [3.8, 4) is 5.75 Å². The number of carbonyl (C=O) groups excluding carboxylic acids is 2. The number of aryl methyl sites for hydroxylation is 2. The Kier molecular flexibility index (Phi) is 12.9. The number of thiazole rings is 1. The van der Waals surface area contributed by atoms with Crippen LogP contribution in [0.2, 0.25) is 0 Å². The second kappa shape index (κ2) is 18.1. The van der Waals surface area contributed by atoms with Gasteiger partial charge in [-0.05, 0) is 82.0 Å². The van der Waals surface area contributed by atoms with Crippen molar-refractivity contribution in [3.05, 3.63) is 82.4 Å². The Hall–Kier alpha value is -5.00. The molecule has 1 unspecified atom stereocenters. The number of sulfone groups is 1. The van der Waals surface area contributed by atoms with E-state index in [9.17, 15) is 22.8 Å². The van der Waals surface area contributed by atoms with Gasteiger partial charge in [0.25, 0.3) is 0 Å². The Morgan fingerprint density at radius 3 is 2.37 bits per heavy atom. The van der Waals surface area contributed by atoms with E-state index in [-0.39, 0.29) is 47.5 Å². The molecule has 3 aromatic carbocycles. The number of fused-ring (bicyclic) bond motifs is 3. The van der Waals surface area contributed by atoms with Crippen LogP contribution in [0.5, 0.6) is 5.75 Å². The van der Waals surface area contributed by atoms with E-state index < -0.39 is 20.6 Å². The van der Waals surface area contributed by atoms with Crippen molar-refractivity contribution in [3.63, 3.8) is 0 Å². The maximum absolute atomic E-state index is 13.8. The monoisotopic (exact) mass is 843 g/mol. The molecule has 3 heterocycles. The van der Waals surface area contributed by atoms with Gasteiger partial charge < -0.3 is 24.3 Å². The van der Waals surface area contributed by atoms with Crippen molar-refractivity contribution in [1.29, 1.82) is 0 Å². The number of carbonyl (C=O) groups is 2. The topological polar surface area (TPSA) is 170 Å². The Morgan fingerprint density at radius 1 is 0.881 bits per heavy atom. The quantitative estimate of drug-likeness (QED) is 0.0716. The van der Waals surface area contributed by atoms with Crippen LogP contribution in [0, 0.1) is 0 Å². The maximum atomic E-state index is 13.8. The van der Waals surface area contributed by atoms with E-state index in [1.54, 1.807) is 72.1 Å². The molecule has 7 rings (SSSR count). The third kappa shape index (κ3) is 9.26. The van der Waals surface area contributed by atoms with Gasteiger partial charge in [0.1, 0.15) is 23.0 Å². The largest absolute Gasteiger partial charge is 0.490 e. The lowest BCUT2D eigenvalue weighted by Crippen LogP contribution is -2.34. The lowest BCUT2D eigenvalue weighted by atomic mass is 9.92. The number of anilines is 2. The molecule has 14 nitrogen and oxygen atoms in total. The SMILES string of the molecule is Cn1c(=O)n(C2CCC(=O)CC2=O)c2cccc(CCCOCCOCCOCCOc3cc4nccc(Nc5ccc6scnc6c5)c4cc3S(=O)(=O)C(C)(C)C)c21. The van der Waals surface area contributed by atoms with Gasteiger partial charge in [0.2, 0.25) is 0 Å². The summed E-state index contributed by atoms with van der Waals surface area (Å²) in [5, 5.41) is 4.05. The second-order valence-electron chi connectivity index (χ2n) is 15.5. The molecule has 0 radical (unpaired) electrons. The van der Waals surface area contributed by atoms with E-state index in [2.05, 4.69) is 15.3 Å². The van der Waals surface area contributed by atoms with Crippen LogP contribution >= 0.6 is 11.3 Å². The Labute approximate surface area is 346 Å². The van der Waals surface area contributed by atoms with E-state index in [4.69, 9.17) is 18.9 Å². The number of para-hydroxylation sites is 1. The molecule has 0 saturated heterocycles. The smallest absolute Gasteiger partial charge is 0.329 e.